The average molecular weight is 403 g/mol. The summed E-state index contributed by atoms with van der Waals surface area (Å²) >= 11 is 0. The minimum absolute atomic E-state index is 0.0272. The number of rotatable bonds is 5. The Morgan fingerprint density at radius 1 is 1.21 bits per heavy atom. The molecule has 1 fully saturated rings. The zero-order chi connectivity index (χ0) is 20.1. The number of hydrogen-bond acceptors (Lipinski definition) is 4. The number of likely N-dealkylation sites (N-methyl/N-ethyl adjacent to an activating group) is 1. The average Bonchev–Trinajstić information content (AvgIpc) is 3.40. The Balaban J connectivity index is 1.76. The number of carbonyl (C=O) groups is 1. The minimum Gasteiger partial charge on any atom is -0.468 e. The Labute approximate surface area is 166 Å². The lowest BCUT2D eigenvalue weighted by Crippen LogP contribution is -2.38. The molecular formula is C21H26N2O4S. The lowest BCUT2D eigenvalue weighted by molar-refractivity contribution is -0.121. The molecule has 1 aliphatic carbocycles. The zero-order valence-corrected chi connectivity index (χ0v) is 17.3. The number of hydrogen-bond donors (Lipinski definition) is 0. The third kappa shape index (κ3) is 2.97. The van der Waals surface area contributed by atoms with Gasteiger partial charge >= 0.3 is 0 Å². The maximum Gasteiger partial charge on any atom is 0.243 e. The first-order chi connectivity index (χ1) is 13.2. The van der Waals surface area contributed by atoms with Crippen LogP contribution in [0.1, 0.15) is 50.9 Å². The van der Waals surface area contributed by atoms with Gasteiger partial charge in [-0.25, -0.2) is 8.42 Å². The van der Waals surface area contributed by atoms with Crippen LogP contribution in [0, 0.1) is 0 Å². The summed E-state index contributed by atoms with van der Waals surface area (Å²) in [6, 6.07) is 8.58. The lowest BCUT2D eigenvalue weighted by Gasteiger charge is -2.28. The molecule has 0 bridgehead atoms. The van der Waals surface area contributed by atoms with E-state index in [0.717, 1.165) is 36.9 Å². The van der Waals surface area contributed by atoms with Crippen LogP contribution < -0.4 is 4.90 Å². The van der Waals surface area contributed by atoms with Crippen molar-refractivity contribution in [1.29, 1.82) is 0 Å². The van der Waals surface area contributed by atoms with Gasteiger partial charge in [-0.05, 0) is 62.6 Å². The van der Waals surface area contributed by atoms with E-state index in [0.29, 0.717) is 5.76 Å². The fourth-order valence-electron chi connectivity index (χ4n) is 4.41. The van der Waals surface area contributed by atoms with Gasteiger partial charge in [0, 0.05) is 18.8 Å². The van der Waals surface area contributed by atoms with Crippen molar-refractivity contribution in [2.24, 2.45) is 0 Å². The number of fused-ring (bicyclic) bond motifs is 1. The number of sulfonamides is 1. The fraction of sp³-hybridized carbons (Fsp3) is 0.476. The number of anilines is 1. The topological polar surface area (TPSA) is 70.8 Å². The van der Waals surface area contributed by atoms with Crippen LogP contribution in [0.25, 0.3) is 0 Å². The highest BCUT2D eigenvalue weighted by molar-refractivity contribution is 7.89. The molecule has 28 heavy (non-hydrogen) atoms. The van der Waals surface area contributed by atoms with E-state index in [4.69, 9.17) is 4.42 Å². The van der Waals surface area contributed by atoms with E-state index in [1.54, 1.807) is 52.8 Å². The van der Waals surface area contributed by atoms with Gasteiger partial charge in [-0.15, -0.1) is 0 Å². The summed E-state index contributed by atoms with van der Waals surface area (Å²) < 4.78 is 34.2. The van der Waals surface area contributed by atoms with E-state index < -0.39 is 15.4 Å². The molecule has 0 unspecified atom stereocenters. The molecule has 2 aliphatic rings. The summed E-state index contributed by atoms with van der Waals surface area (Å²) in [5.41, 5.74) is 0.785. The molecule has 0 atom stereocenters. The molecule has 1 aliphatic heterocycles. The molecule has 6 nitrogen and oxygen atoms in total. The molecule has 0 radical (unpaired) electrons. The zero-order valence-electron chi connectivity index (χ0n) is 16.5. The predicted octanol–water partition coefficient (Wildman–Crippen LogP) is 3.67. The van der Waals surface area contributed by atoms with Crippen LogP contribution in [0.2, 0.25) is 0 Å². The van der Waals surface area contributed by atoms with Crippen LogP contribution in [0.3, 0.4) is 0 Å². The van der Waals surface area contributed by atoms with E-state index >= 15 is 0 Å². The van der Waals surface area contributed by atoms with Gasteiger partial charge in [-0.3, -0.25) is 4.79 Å². The van der Waals surface area contributed by atoms with Gasteiger partial charge in [0.25, 0.3) is 0 Å². The van der Waals surface area contributed by atoms with Gasteiger partial charge in [-0.1, -0.05) is 12.8 Å². The Hall–Kier alpha value is -2.12. The summed E-state index contributed by atoms with van der Waals surface area (Å²) in [5, 5.41) is 0. The van der Waals surface area contributed by atoms with Crippen LogP contribution >= 0.6 is 0 Å². The molecular weight excluding hydrogens is 376 g/mol. The second kappa shape index (κ2) is 6.74. The molecule has 2 aromatic rings. The first-order valence-corrected chi connectivity index (χ1v) is 11.1. The van der Waals surface area contributed by atoms with Gasteiger partial charge in [0.15, 0.2) is 0 Å². The molecule has 0 spiro atoms. The van der Waals surface area contributed by atoms with E-state index in [1.807, 2.05) is 13.8 Å². The molecule has 2 heterocycles. The van der Waals surface area contributed by atoms with E-state index in [-0.39, 0.29) is 23.4 Å². The fourth-order valence-corrected chi connectivity index (χ4v) is 6.08. The summed E-state index contributed by atoms with van der Waals surface area (Å²) in [5.74, 6) is 0.604. The summed E-state index contributed by atoms with van der Waals surface area (Å²) in [6.07, 6.45) is 5.35. The molecule has 1 aromatic carbocycles. The third-order valence-electron chi connectivity index (χ3n) is 6.07. The first-order valence-electron chi connectivity index (χ1n) is 9.70. The quantitative estimate of drug-likeness (QED) is 0.765. The number of amides is 1. The molecule has 150 valence electrons. The molecule has 0 saturated heterocycles. The Morgan fingerprint density at radius 2 is 1.93 bits per heavy atom. The highest BCUT2D eigenvalue weighted by Gasteiger charge is 2.43. The molecule has 4 rings (SSSR count). The number of furan rings is 1. The SMILES string of the molecule is CN1C(=O)C(C)(C)c2cc(S(=O)(=O)N(Cc3ccco3)C3CCCC3)ccc21. The van der Waals surface area contributed by atoms with E-state index in [1.165, 1.54) is 0 Å². The molecule has 1 amide bonds. The van der Waals surface area contributed by atoms with Gasteiger partial charge < -0.3 is 9.32 Å². The van der Waals surface area contributed by atoms with E-state index in [2.05, 4.69) is 0 Å². The van der Waals surface area contributed by atoms with Gasteiger partial charge in [0.1, 0.15) is 5.76 Å². The van der Waals surface area contributed by atoms with Crippen molar-refractivity contribution in [2.45, 2.75) is 62.4 Å². The van der Waals surface area contributed by atoms with E-state index in [9.17, 15) is 13.2 Å². The second-order valence-electron chi connectivity index (χ2n) is 8.24. The molecule has 0 N–H and O–H groups in total. The van der Waals surface area contributed by atoms with Crippen molar-refractivity contribution in [3.63, 3.8) is 0 Å². The highest BCUT2D eigenvalue weighted by Crippen LogP contribution is 2.42. The normalized spacial score (nSPS) is 19.6. The maximum atomic E-state index is 13.6. The highest BCUT2D eigenvalue weighted by atomic mass is 32.2. The Kier molecular flexibility index (Phi) is 4.62. The maximum absolute atomic E-state index is 13.6. The summed E-state index contributed by atoms with van der Waals surface area (Å²) in [6.45, 7) is 3.90. The van der Waals surface area contributed by atoms with Crippen LogP contribution in [0.4, 0.5) is 5.69 Å². The van der Waals surface area contributed by atoms with Crippen molar-refractivity contribution in [3.8, 4) is 0 Å². The van der Waals surface area contributed by atoms with Gasteiger partial charge in [0.2, 0.25) is 15.9 Å². The Bertz CT molecular complexity index is 989. The van der Waals surface area contributed by atoms with Crippen molar-refractivity contribution < 1.29 is 17.6 Å². The molecule has 1 aromatic heterocycles. The van der Waals surface area contributed by atoms with Crippen LogP contribution in [0.5, 0.6) is 0 Å². The summed E-state index contributed by atoms with van der Waals surface area (Å²) in [4.78, 5) is 14.4. The van der Waals surface area contributed by atoms with Crippen molar-refractivity contribution in [2.75, 3.05) is 11.9 Å². The van der Waals surface area contributed by atoms with Crippen molar-refractivity contribution >= 4 is 21.6 Å². The predicted molar refractivity (Wildman–Crippen MR) is 107 cm³/mol. The van der Waals surface area contributed by atoms with Crippen LogP contribution in [0.15, 0.2) is 45.9 Å². The van der Waals surface area contributed by atoms with Crippen LogP contribution in [-0.4, -0.2) is 31.7 Å². The number of carbonyl (C=O) groups excluding carboxylic acids is 1. The van der Waals surface area contributed by atoms with Crippen LogP contribution in [-0.2, 0) is 26.8 Å². The van der Waals surface area contributed by atoms with Crippen molar-refractivity contribution in [1.82, 2.24) is 4.31 Å². The summed E-state index contributed by atoms with van der Waals surface area (Å²) in [7, 11) is -2.00. The third-order valence-corrected chi connectivity index (χ3v) is 7.97. The number of nitrogens with zero attached hydrogens (tertiary/aromatic N) is 2. The first kappa shape index (κ1) is 19.2. The largest absolute Gasteiger partial charge is 0.468 e. The van der Waals surface area contributed by atoms with Crippen molar-refractivity contribution in [3.05, 3.63) is 47.9 Å². The Morgan fingerprint density at radius 3 is 2.57 bits per heavy atom. The van der Waals surface area contributed by atoms with Gasteiger partial charge in [-0.2, -0.15) is 4.31 Å². The van der Waals surface area contributed by atoms with Gasteiger partial charge in [0.05, 0.1) is 23.1 Å². The standard InChI is InChI=1S/C21H26N2O4S/c1-21(2)18-13-17(10-11-19(18)22(3)20(21)24)28(25,26)23(15-7-4-5-8-15)14-16-9-6-12-27-16/h6,9-13,15H,4-5,7-8,14H2,1-3H3. The molecule has 7 heteroatoms. The monoisotopic (exact) mass is 402 g/mol. The second-order valence-corrected chi connectivity index (χ2v) is 10.1. The molecule has 1 saturated carbocycles. The smallest absolute Gasteiger partial charge is 0.243 e. The number of benzene rings is 1. The lowest BCUT2D eigenvalue weighted by atomic mass is 9.86. The minimum atomic E-state index is -3.72.